The van der Waals surface area contributed by atoms with E-state index < -0.39 is 12.1 Å². The molecule has 3 fully saturated rings. The van der Waals surface area contributed by atoms with Crippen molar-refractivity contribution in [2.75, 3.05) is 20.8 Å². The van der Waals surface area contributed by atoms with E-state index in [1.165, 1.54) is 7.11 Å². The Hall–Kier alpha value is -5.82. The Labute approximate surface area is 332 Å². The number of methoxy groups -OCH3 is 2. The molecule has 1 aliphatic heterocycles. The van der Waals surface area contributed by atoms with Crippen molar-refractivity contribution in [3.05, 3.63) is 103 Å². The third-order valence-electron chi connectivity index (χ3n) is 12.2. The van der Waals surface area contributed by atoms with Gasteiger partial charge in [-0.3, -0.25) is 14.6 Å². The van der Waals surface area contributed by atoms with Crippen molar-refractivity contribution >= 4 is 17.9 Å². The average Bonchev–Trinajstić information content (AvgIpc) is 4.10. The number of benzene rings is 2. The number of likely N-dealkylation sites (tertiary alicyclic amines) is 1. The maximum absolute atomic E-state index is 13.7. The van der Waals surface area contributed by atoms with E-state index in [0.717, 1.165) is 64.3 Å². The molecule has 8 rings (SSSR count). The summed E-state index contributed by atoms with van der Waals surface area (Å²) >= 11 is 0. The topological polar surface area (TPSA) is 167 Å². The van der Waals surface area contributed by atoms with E-state index >= 15 is 0 Å². The highest BCUT2D eigenvalue weighted by molar-refractivity contribution is 5.86. The number of aromatic amines is 2. The number of ether oxygens (including phenoxy) is 2. The van der Waals surface area contributed by atoms with Crippen molar-refractivity contribution in [3.63, 3.8) is 0 Å². The Morgan fingerprint density at radius 2 is 1.46 bits per heavy atom. The van der Waals surface area contributed by atoms with E-state index in [1.54, 1.807) is 30.6 Å². The summed E-state index contributed by atoms with van der Waals surface area (Å²) in [5.74, 6) is 2.19. The first kappa shape index (κ1) is 38.1. The monoisotopic (exact) mass is 770 g/mol. The molecule has 0 radical (unpaired) electrons. The standard InChI is InChI=1S/C44H50N8O5/c1-25(2)39(51-44(55)57-4)43(54)52-24-33(56-3)19-36(52)40-46-22-34(49-40)29-11-7-27(8-12-29)28-9-13-30(14-10-28)35-23-47-41(50-35)37-31-15-16-32(18-31)38(37)42(53)48-21-26-6-5-17-45-20-26/h5-14,17,20,22-23,25,31-33,36-39H,15-16,18-19,21,24H2,1-4H3,(H,46,49)(H,47,50)(H,48,53)(H,51,55)/t31?,32?,33-,36-,37+,38?,39-/m0/s1. The summed E-state index contributed by atoms with van der Waals surface area (Å²) in [6.45, 7) is 4.65. The van der Waals surface area contributed by atoms with Crippen molar-refractivity contribution in [2.24, 2.45) is 23.7 Å². The second kappa shape index (κ2) is 16.3. The molecule has 2 bridgehead atoms. The summed E-state index contributed by atoms with van der Waals surface area (Å²) in [6.07, 6.45) is 10.3. The molecule has 3 aromatic heterocycles. The number of nitrogens with one attached hydrogen (secondary N) is 4. The van der Waals surface area contributed by atoms with E-state index in [0.29, 0.717) is 37.2 Å². The lowest BCUT2D eigenvalue weighted by Gasteiger charge is -2.29. The van der Waals surface area contributed by atoms with Crippen LogP contribution in [0.2, 0.25) is 0 Å². The number of H-pyrrole nitrogens is 2. The number of nitrogens with zero attached hydrogens (tertiary/aromatic N) is 4. The zero-order valence-electron chi connectivity index (χ0n) is 32.8. The van der Waals surface area contributed by atoms with E-state index in [1.807, 2.05) is 32.2 Å². The zero-order chi connectivity index (χ0) is 39.6. The van der Waals surface area contributed by atoms with Gasteiger partial charge in [0, 0.05) is 44.9 Å². The van der Waals surface area contributed by atoms with Crippen LogP contribution in [0.4, 0.5) is 4.79 Å². The summed E-state index contributed by atoms with van der Waals surface area (Å²) in [6, 6.07) is 19.5. The highest BCUT2D eigenvalue weighted by atomic mass is 16.5. The Morgan fingerprint density at radius 3 is 2.07 bits per heavy atom. The smallest absolute Gasteiger partial charge is 0.407 e. The lowest BCUT2D eigenvalue weighted by atomic mass is 9.78. The molecular formula is C44H50N8O5. The zero-order valence-corrected chi connectivity index (χ0v) is 32.8. The van der Waals surface area contributed by atoms with Crippen LogP contribution in [0, 0.1) is 23.7 Å². The van der Waals surface area contributed by atoms with Crippen LogP contribution >= 0.6 is 0 Å². The molecule has 2 saturated carbocycles. The van der Waals surface area contributed by atoms with Crippen LogP contribution < -0.4 is 10.6 Å². The summed E-state index contributed by atoms with van der Waals surface area (Å²) in [5, 5.41) is 5.87. The molecule has 0 spiro atoms. The molecule has 3 unspecified atom stereocenters. The van der Waals surface area contributed by atoms with Crippen LogP contribution in [-0.4, -0.2) is 80.6 Å². The lowest BCUT2D eigenvalue weighted by molar-refractivity contribution is -0.136. The van der Waals surface area contributed by atoms with Crippen LogP contribution in [0.1, 0.15) is 68.7 Å². The number of carbonyl (C=O) groups excluding carboxylic acids is 3. The van der Waals surface area contributed by atoms with Crippen molar-refractivity contribution in [2.45, 2.75) is 70.2 Å². The fourth-order valence-electron chi connectivity index (χ4n) is 9.21. The maximum atomic E-state index is 13.7. The lowest BCUT2D eigenvalue weighted by Crippen LogP contribution is -2.51. The number of amides is 3. The van der Waals surface area contributed by atoms with Crippen LogP contribution in [0.3, 0.4) is 0 Å². The number of carbonyl (C=O) groups is 3. The quantitative estimate of drug-likeness (QED) is 0.110. The molecular weight excluding hydrogens is 721 g/mol. The molecule has 1 saturated heterocycles. The molecule has 13 nitrogen and oxygen atoms in total. The summed E-state index contributed by atoms with van der Waals surface area (Å²) in [7, 11) is 2.93. The predicted octanol–water partition coefficient (Wildman–Crippen LogP) is 6.64. The number of alkyl carbamates (subject to hydrolysis) is 1. The van der Waals surface area contributed by atoms with Gasteiger partial charge in [-0.1, -0.05) is 68.4 Å². The molecule has 3 aliphatic rings. The normalized spacial score (nSPS) is 23.1. The van der Waals surface area contributed by atoms with E-state index in [9.17, 15) is 14.4 Å². The Kier molecular flexibility index (Phi) is 10.9. The second-order valence-corrected chi connectivity index (χ2v) is 15.9. The summed E-state index contributed by atoms with van der Waals surface area (Å²) in [4.78, 5) is 61.8. The van der Waals surface area contributed by atoms with Crippen molar-refractivity contribution < 1.29 is 23.9 Å². The van der Waals surface area contributed by atoms with Crippen LogP contribution in [0.15, 0.2) is 85.5 Å². The molecule has 4 heterocycles. The predicted molar refractivity (Wildman–Crippen MR) is 214 cm³/mol. The SMILES string of the molecule is COC(=O)N[C@H](C(=O)N1C[C@@H](OC)C[C@H]1c1ncc(-c2ccc(-c3ccc(-c4cnc([C@@H]5C6CCC(C6)C5C(=O)NCc5cccnc5)[nH]4)cc3)cc2)[nH]1)C(C)C. The first-order valence-corrected chi connectivity index (χ1v) is 19.9. The van der Waals surface area contributed by atoms with Gasteiger partial charge in [-0.2, -0.15) is 0 Å². The summed E-state index contributed by atoms with van der Waals surface area (Å²) < 4.78 is 10.4. The number of hydrogen-bond donors (Lipinski definition) is 4. The van der Waals surface area contributed by atoms with Gasteiger partial charge in [0.1, 0.15) is 17.7 Å². The minimum Gasteiger partial charge on any atom is -0.453 e. The molecule has 5 aromatic rings. The van der Waals surface area contributed by atoms with Gasteiger partial charge in [-0.15, -0.1) is 0 Å². The first-order chi connectivity index (χ1) is 27.7. The van der Waals surface area contributed by atoms with E-state index in [-0.39, 0.29) is 41.7 Å². The molecule has 4 N–H and O–H groups in total. The average molecular weight is 771 g/mol. The van der Waals surface area contributed by atoms with Gasteiger partial charge < -0.3 is 35.0 Å². The number of rotatable bonds is 12. The maximum Gasteiger partial charge on any atom is 0.407 e. The minimum atomic E-state index is -0.744. The number of imidazole rings is 2. The van der Waals surface area contributed by atoms with Crippen LogP contribution in [-0.2, 0) is 25.6 Å². The third-order valence-corrected chi connectivity index (χ3v) is 12.2. The largest absolute Gasteiger partial charge is 0.453 e. The Bertz CT molecular complexity index is 2180. The van der Waals surface area contributed by atoms with E-state index in [2.05, 4.69) is 74.1 Å². The molecule has 57 heavy (non-hydrogen) atoms. The summed E-state index contributed by atoms with van der Waals surface area (Å²) in [5.41, 5.74) is 6.94. The first-order valence-electron chi connectivity index (χ1n) is 19.9. The third kappa shape index (κ3) is 7.80. The van der Waals surface area contributed by atoms with Gasteiger partial charge in [0.15, 0.2) is 0 Å². The number of pyridine rings is 1. The van der Waals surface area contributed by atoms with Crippen LogP contribution in [0.25, 0.3) is 33.6 Å². The molecule has 3 amide bonds. The van der Waals surface area contributed by atoms with Gasteiger partial charge in [-0.05, 0) is 70.9 Å². The molecule has 7 atom stereocenters. The van der Waals surface area contributed by atoms with Gasteiger partial charge in [0.25, 0.3) is 0 Å². The van der Waals surface area contributed by atoms with Gasteiger partial charge in [0.05, 0.1) is 49.0 Å². The van der Waals surface area contributed by atoms with Crippen molar-refractivity contribution in [1.29, 1.82) is 0 Å². The van der Waals surface area contributed by atoms with Gasteiger partial charge >= 0.3 is 6.09 Å². The minimum absolute atomic E-state index is 0.0814. The second-order valence-electron chi connectivity index (χ2n) is 15.9. The molecule has 13 heteroatoms. The van der Waals surface area contributed by atoms with Gasteiger partial charge in [0.2, 0.25) is 11.8 Å². The number of aromatic nitrogens is 5. The fourth-order valence-corrected chi connectivity index (χ4v) is 9.21. The molecule has 296 valence electrons. The highest BCUT2D eigenvalue weighted by Crippen LogP contribution is 2.56. The molecule has 2 aromatic carbocycles. The van der Waals surface area contributed by atoms with E-state index in [4.69, 9.17) is 19.4 Å². The van der Waals surface area contributed by atoms with Crippen molar-refractivity contribution in [1.82, 2.24) is 40.5 Å². The molecule has 2 aliphatic carbocycles. The number of hydrogen-bond acceptors (Lipinski definition) is 8. The Balaban J connectivity index is 0.930. The van der Waals surface area contributed by atoms with Gasteiger partial charge in [-0.25, -0.2) is 14.8 Å². The van der Waals surface area contributed by atoms with Crippen LogP contribution in [0.5, 0.6) is 0 Å². The highest BCUT2D eigenvalue weighted by Gasteiger charge is 2.52. The fraction of sp³-hybridized carbons (Fsp3) is 0.409. The Morgan fingerprint density at radius 1 is 0.825 bits per heavy atom. The van der Waals surface area contributed by atoms with Crippen molar-refractivity contribution in [3.8, 4) is 33.6 Å². The number of fused-ring (bicyclic) bond motifs is 2.